The molecule has 5 nitrogen and oxygen atoms in total. The molecule has 0 saturated carbocycles. The maximum Gasteiger partial charge on any atom is 0.263 e. The Bertz CT molecular complexity index is 519. The third-order valence-electron chi connectivity index (χ3n) is 4.52. The molecule has 122 valence electrons. The highest BCUT2D eigenvalue weighted by Gasteiger charge is 2.38. The van der Waals surface area contributed by atoms with Crippen molar-refractivity contribution in [2.24, 2.45) is 0 Å². The number of amides is 1. The Balaban J connectivity index is 1.67. The zero-order valence-electron chi connectivity index (χ0n) is 13.3. The Morgan fingerprint density at radius 1 is 1.45 bits per heavy atom. The molecule has 0 unspecified atom stereocenters. The van der Waals surface area contributed by atoms with Crippen LogP contribution < -0.4 is 0 Å². The predicted molar refractivity (Wildman–Crippen MR) is 86.6 cm³/mol. The van der Waals surface area contributed by atoms with Crippen molar-refractivity contribution in [1.29, 1.82) is 0 Å². The molecule has 3 heterocycles. The standard InChI is InChI=1S/C16H24N2O3S/c1-12-3-4-15(22-12)16(19)18-6-5-14-13(11-18)17(7-9-20-2)8-10-21-14/h3-4,13-14H,5-11H2,1-2H3/t13-,14+/m1/s1. The summed E-state index contributed by atoms with van der Waals surface area (Å²) in [6.45, 7) is 6.91. The number of ether oxygens (including phenoxy) is 2. The fraction of sp³-hybridized carbons (Fsp3) is 0.688. The maximum atomic E-state index is 12.7. The molecule has 0 aromatic carbocycles. The van der Waals surface area contributed by atoms with Gasteiger partial charge in [-0.3, -0.25) is 9.69 Å². The molecular formula is C16H24N2O3S. The summed E-state index contributed by atoms with van der Waals surface area (Å²) in [4.78, 5) is 19.1. The van der Waals surface area contributed by atoms with E-state index in [9.17, 15) is 4.79 Å². The number of methoxy groups -OCH3 is 1. The Hall–Kier alpha value is -0.950. The van der Waals surface area contributed by atoms with Gasteiger partial charge < -0.3 is 14.4 Å². The molecule has 0 spiro atoms. The molecule has 2 aliphatic rings. The van der Waals surface area contributed by atoms with Crippen LogP contribution in [0.5, 0.6) is 0 Å². The van der Waals surface area contributed by atoms with Crippen molar-refractivity contribution < 1.29 is 14.3 Å². The highest BCUT2D eigenvalue weighted by molar-refractivity contribution is 7.13. The van der Waals surface area contributed by atoms with Gasteiger partial charge in [0.25, 0.3) is 5.91 Å². The maximum absolute atomic E-state index is 12.7. The van der Waals surface area contributed by atoms with Crippen LogP contribution in [0.4, 0.5) is 0 Å². The molecule has 2 atom stereocenters. The minimum absolute atomic E-state index is 0.161. The number of likely N-dealkylation sites (tertiary alicyclic amines) is 1. The quantitative estimate of drug-likeness (QED) is 0.844. The second-order valence-corrected chi connectivity index (χ2v) is 7.24. The molecule has 0 N–H and O–H groups in total. The second kappa shape index (κ2) is 7.08. The predicted octanol–water partition coefficient (Wildman–Crippen LogP) is 1.62. The van der Waals surface area contributed by atoms with Crippen LogP contribution in [0.15, 0.2) is 12.1 Å². The van der Waals surface area contributed by atoms with Gasteiger partial charge in [0.1, 0.15) is 0 Å². The molecule has 6 heteroatoms. The van der Waals surface area contributed by atoms with E-state index in [1.54, 1.807) is 18.4 Å². The molecule has 0 bridgehead atoms. The Labute approximate surface area is 135 Å². The average molecular weight is 324 g/mol. The molecule has 1 aromatic heterocycles. The largest absolute Gasteiger partial charge is 0.383 e. The van der Waals surface area contributed by atoms with E-state index < -0.39 is 0 Å². The number of carbonyl (C=O) groups excluding carboxylic acids is 1. The van der Waals surface area contributed by atoms with Gasteiger partial charge in [0.2, 0.25) is 0 Å². The van der Waals surface area contributed by atoms with Crippen molar-refractivity contribution in [3.8, 4) is 0 Å². The van der Waals surface area contributed by atoms with E-state index in [1.807, 2.05) is 24.0 Å². The van der Waals surface area contributed by atoms with Gasteiger partial charge >= 0.3 is 0 Å². The molecule has 2 fully saturated rings. The van der Waals surface area contributed by atoms with E-state index in [4.69, 9.17) is 9.47 Å². The monoisotopic (exact) mass is 324 g/mol. The summed E-state index contributed by atoms with van der Waals surface area (Å²) in [5.41, 5.74) is 0. The SMILES string of the molecule is COCCN1CCO[C@H]2CCN(C(=O)c3ccc(C)s3)C[C@H]21. The first-order valence-corrected chi connectivity index (χ1v) is 8.71. The van der Waals surface area contributed by atoms with Crippen LogP contribution in [-0.4, -0.2) is 74.4 Å². The van der Waals surface area contributed by atoms with Crippen molar-refractivity contribution in [2.45, 2.75) is 25.5 Å². The van der Waals surface area contributed by atoms with Crippen molar-refractivity contribution in [3.63, 3.8) is 0 Å². The minimum atomic E-state index is 0.161. The topological polar surface area (TPSA) is 42.0 Å². The van der Waals surface area contributed by atoms with Gasteiger partial charge in [-0.05, 0) is 25.5 Å². The van der Waals surface area contributed by atoms with E-state index in [-0.39, 0.29) is 12.0 Å². The van der Waals surface area contributed by atoms with Crippen LogP contribution in [0.1, 0.15) is 21.0 Å². The first kappa shape index (κ1) is 15.9. The lowest BCUT2D eigenvalue weighted by Crippen LogP contribution is -2.61. The zero-order chi connectivity index (χ0) is 15.5. The fourth-order valence-corrected chi connectivity index (χ4v) is 4.15. The number of piperidine rings is 1. The first-order valence-electron chi connectivity index (χ1n) is 7.89. The van der Waals surface area contributed by atoms with Crippen molar-refractivity contribution >= 4 is 17.2 Å². The number of hydrogen-bond donors (Lipinski definition) is 0. The van der Waals surface area contributed by atoms with Gasteiger partial charge in [-0.15, -0.1) is 11.3 Å². The molecule has 1 aromatic rings. The van der Waals surface area contributed by atoms with Gasteiger partial charge in [0, 0.05) is 38.2 Å². The summed E-state index contributed by atoms with van der Waals surface area (Å²) in [5.74, 6) is 0.161. The number of fused-ring (bicyclic) bond motifs is 1. The fourth-order valence-electron chi connectivity index (χ4n) is 3.32. The highest BCUT2D eigenvalue weighted by Crippen LogP contribution is 2.25. The molecule has 2 aliphatic heterocycles. The summed E-state index contributed by atoms with van der Waals surface area (Å²) >= 11 is 1.58. The molecule has 1 amide bonds. The number of rotatable bonds is 4. The van der Waals surface area contributed by atoms with E-state index in [0.29, 0.717) is 6.04 Å². The number of nitrogens with zero attached hydrogens (tertiary/aromatic N) is 2. The number of thiophene rings is 1. The summed E-state index contributed by atoms with van der Waals surface area (Å²) in [6, 6.07) is 4.25. The number of morpholine rings is 1. The highest BCUT2D eigenvalue weighted by atomic mass is 32.1. The van der Waals surface area contributed by atoms with Crippen LogP contribution in [0.2, 0.25) is 0 Å². The lowest BCUT2D eigenvalue weighted by Gasteiger charge is -2.47. The number of aryl methyl sites for hydroxylation is 1. The molecule has 0 radical (unpaired) electrons. The minimum Gasteiger partial charge on any atom is -0.383 e. The van der Waals surface area contributed by atoms with Gasteiger partial charge in [0.05, 0.1) is 30.2 Å². The zero-order valence-corrected chi connectivity index (χ0v) is 14.1. The first-order chi connectivity index (χ1) is 10.7. The number of carbonyl (C=O) groups is 1. The lowest BCUT2D eigenvalue weighted by molar-refractivity contribution is -0.101. The Kier molecular flexibility index (Phi) is 5.13. The van der Waals surface area contributed by atoms with E-state index in [0.717, 1.165) is 50.7 Å². The summed E-state index contributed by atoms with van der Waals surface area (Å²) < 4.78 is 11.1. The van der Waals surface area contributed by atoms with Crippen molar-refractivity contribution in [1.82, 2.24) is 9.80 Å². The average Bonchev–Trinajstić information content (AvgIpc) is 2.98. The van der Waals surface area contributed by atoms with Crippen LogP contribution in [0, 0.1) is 6.92 Å². The molecule has 22 heavy (non-hydrogen) atoms. The van der Waals surface area contributed by atoms with Crippen molar-refractivity contribution in [2.75, 3.05) is 46.5 Å². The molecule has 0 aliphatic carbocycles. The van der Waals surface area contributed by atoms with Gasteiger partial charge in [0.15, 0.2) is 0 Å². The molecular weight excluding hydrogens is 300 g/mol. The van der Waals surface area contributed by atoms with Gasteiger partial charge in [-0.25, -0.2) is 0 Å². The Morgan fingerprint density at radius 3 is 3.05 bits per heavy atom. The van der Waals surface area contributed by atoms with Gasteiger partial charge in [-0.1, -0.05) is 0 Å². The van der Waals surface area contributed by atoms with Crippen LogP contribution in [-0.2, 0) is 9.47 Å². The van der Waals surface area contributed by atoms with Gasteiger partial charge in [-0.2, -0.15) is 0 Å². The van der Waals surface area contributed by atoms with E-state index in [1.165, 1.54) is 4.88 Å². The summed E-state index contributed by atoms with van der Waals surface area (Å²) in [7, 11) is 1.73. The van der Waals surface area contributed by atoms with Crippen LogP contribution >= 0.6 is 11.3 Å². The third kappa shape index (κ3) is 3.35. The smallest absolute Gasteiger partial charge is 0.263 e. The second-order valence-electron chi connectivity index (χ2n) is 5.96. The van der Waals surface area contributed by atoms with E-state index >= 15 is 0 Å². The normalized spacial score (nSPS) is 26.0. The lowest BCUT2D eigenvalue weighted by atomic mass is 9.98. The number of hydrogen-bond acceptors (Lipinski definition) is 5. The van der Waals surface area contributed by atoms with E-state index in [2.05, 4.69) is 4.90 Å². The summed E-state index contributed by atoms with van der Waals surface area (Å²) in [5, 5.41) is 0. The van der Waals surface area contributed by atoms with Crippen molar-refractivity contribution in [3.05, 3.63) is 21.9 Å². The van der Waals surface area contributed by atoms with Crippen LogP contribution in [0.3, 0.4) is 0 Å². The Morgan fingerprint density at radius 2 is 2.32 bits per heavy atom. The molecule has 2 saturated heterocycles. The molecule has 3 rings (SSSR count). The van der Waals surface area contributed by atoms with Crippen LogP contribution in [0.25, 0.3) is 0 Å². The summed E-state index contributed by atoms with van der Waals surface area (Å²) in [6.07, 6.45) is 1.17. The third-order valence-corrected chi connectivity index (χ3v) is 5.51.